The number of aromatic hydroxyl groups is 2. The number of carbonyl (C=O) groups is 3. The van der Waals surface area contributed by atoms with Crippen molar-refractivity contribution in [1.29, 1.82) is 0 Å². The number of esters is 2. The van der Waals surface area contributed by atoms with Crippen LogP contribution < -0.4 is 5.32 Å². The minimum atomic E-state index is -1.55. The number of cyclic esters (lactones) is 1. The Morgan fingerprint density at radius 3 is 2.35 bits per heavy atom. The van der Waals surface area contributed by atoms with Gasteiger partial charge in [0.1, 0.15) is 35.4 Å². The molecule has 9 atom stereocenters. The van der Waals surface area contributed by atoms with Crippen molar-refractivity contribution in [2.75, 3.05) is 14.2 Å². The molecule has 0 aromatic heterocycles. The van der Waals surface area contributed by atoms with Gasteiger partial charge in [-0.2, -0.15) is 0 Å². The Bertz CT molecular complexity index is 1580. The smallest absolute Gasteiger partial charge is 0.342 e. The molecule has 0 unspecified atom stereocenters. The van der Waals surface area contributed by atoms with Crippen LogP contribution in [0, 0.1) is 18.3 Å². The van der Waals surface area contributed by atoms with Crippen molar-refractivity contribution >= 4 is 17.8 Å². The van der Waals surface area contributed by atoms with Crippen LogP contribution in [-0.4, -0.2) is 101 Å². The number of fused-ring (bicyclic) bond motifs is 1. The molecule has 0 aliphatic carbocycles. The maximum atomic E-state index is 13.3. The summed E-state index contributed by atoms with van der Waals surface area (Å²) in [6.07, 6.45) is -7.35. The third kappa shape index (κ3) is 8.90. The van der Waals surface area contributed by atoms with Crippen molar-refractivity contribution in [3.05, 3.63) is 70.8 Å². The van der Waals surface area contributed by atoms with Crippen LogP contribution in [0.1, 0.15) is 78.8 Å². The molecule has 0 bridgehead atoms. The van der Waals surface area contributed by atoms with Crippen LogP contribution >= 0.6 is 0 Å². The number of phenols is 2. The number of phenolic OH excluding ortho intramolecular Hbond substituents is 2. The van der Waals surface area contributed by atoms with E-state index in [0.29, 0.717) is 22.3 Å². The molecule has 13 nitrogen and oxygen atoms in total. The van der Waals surface area contributed by atoms with Gasteiger partial charge in [-0.05, 0) is 43.5 Å². The Morgan fingerprint density at radius 2 is 1.75 bits per heavy atom. The Hall–Kier alpha value is -4.01. The SMILES string of the molecule is C=C(C)C[C@H](OC)[C@H](O)C(=O)N[C@@H](OC)[C@@H]1C[C@@H](OC(=O)c2ccccc2)C(C)(C)[C@@H](C[C@H](O)[C@@H](C)[C@H]2Cc3c(C)c(O)cc(O)c3C(=O)O2)O1. The molecule has 13 heteroatoms. The average Bonchev–Trinajstić information content (AvgIpc) is 3.09. The van der Waals surface area contributed by atoms with E-state index in [-0.39, 0.29) is 42.7 Å². The Labute approximate surface area is 298 Å². The van der Waals surface area contributed by atoms with Gasteiger partial charge in [0.15, 0.2) is 12.3 Å². The van der Waals surface area contributed by atoms with Gasteiger partial charge < -0.3 is 49.4 Å². The first-order valence-corrected chi connectivity index (χ1v) is 17.0. The fraction of sp³-hybridized carbons (Fsp3) is 0.553. The lowest BCUT2D eigenvalue weighted by molar-refractivity contribution is -0.217. The van der Waals surface area contributed by atoms with Crippen LogP contribution in [0.15, 0.2) is 48.6 Å². The summed E-state index contributed by atoms with van der Waals surface area (Å²) in [5.74, 6) is -3.27. The summed E-state index contributed by atoms with van der Waals surface area (Å²) >= 11 is 0. The first-order valence-electron chi connectivity index (χ1n) is 17.0. The molecule has 4 rings (SSSR count). The van der Waals surface area contributed by atoms with E-state index in [4.69, 9.17) is 23.7 Å². The van der Waals surface area contributed by atoms with Crippen LogP contribution in [0.25, 0.3) is 0 Å². The number of nitrogens with one attached hydrogen (secondary N) is 1. The van der Waals surface area contributed by atoms with Gasteiger partial charge >= 0.3 is 11.9 Å². The van der Waals surface area contributed by atoms with Crippen LogP contribution in [0.3, 0.4) is 0 Å². The van der Waals surface area contributed by atoms with Crippen molar-refractivity contribution in [1.82, 2.24) is 5.32 Å². The number of hydrogen-bond donors (Lipinski definition) is 5. The standard InChI is InChI=1S/C38H51NO12/c1-19(2)14-28(47-7)33(43)34(44)39-35(48-8)29-18-31(51-36(45)22-12-10-9-11-13-22)38(5,6)30(49-29)17-25(41)21(4)27-15-23-20(3)24(40)16-26(42)32(23)37(46)50-27/h9-13,16,21,25,27-31,33,35,40-43H,1,14-15,17-18H2,2-8H3,(H,39,44)/t21-,25+,27-,28+,29+,30-,31-,33+,35+/m1/s1. The van der Waals surface area contributed by atoms with E-state index in [1.54, 1.807) is 51.1 Å². The first-order chi connectivity index (χ1) is 24.0. The van der Waals surface area contributed by atoms with Crippen molar-refractivity contribution in [2.24, 2.45) is 11.3 Å². The molecule has 1 amide bonds. The third-order valence-electron chi connectivity index (χ3n) is 10.2. The van der Waals surface area contributed by atoms with Crippen LogP contribution in [-0.2, 0) is 34.9 Å². The molecule has 2 aliphatic rings. The number of carbonyl (C=O) groups excluding carboxylic acids is 3. The second kappa shape index (κ2) is 16.6. The number of amides is 1. The minimum Gasteiger partial charge on any atom is -0.508 e. The number of rotatable bonds is 14. The van der Waals surface area contributed by atoms with E-state index in [9.17, 15) is 34.8 Å². The monoisotopic (exact) mass is 713 g/mol. The molecular weight excluding hydrogens is 662 g/mol. The lowest BCUT2D eigenvalue weighted by Gasteiger charge is -2.49. The Kier molecular flexibility index (Phi) is 12.9. The fourth-order valence-corrected chi connectivity index (χ4v) is 6.76. The van der Waals surface area contributed by atoms with Gasteiger partial charge in [0, 0.05) is 50.9 Å². The molecule has 0 saturated carbocycles. The summed E-state index contributed by atoms with van der Waals surface area (Å²) in [5, 5.41) is 45.7. The predicted molar refractivity (Wildman–Crippen MR) is 185 cm³/mol. The lowest BCUT2D eigenvalue weighted by Crippen LogP contribution is -2.60. The minimum absolute atomic E-state index is 0.00655. The van der Waals surface area contributed by atoms with Crippen LogP contribution in [0.5, 0.6) is 11.5 Å². The molecule has 2 aromatic rings. The van der Waals surface area contributed by atoms with Gasteiger partial charge in [-0.25, -0.2) is 9.59 Å². The second-order valence-electron chi connectivity index (χ2n) is 14.2. The molecule has 0 radical (unpaired) electrons. The molecule has 2 aromatic carbocycles. The summed E-state index contributed by atoms with van der Waals surface area (Å²) in [5.41, 5.74) is 1.04. The summed E-state index contributed by atoms with van der Waals surface area (Å²) < 4.78 is 29.3. The van der Waals surface area contributed by atoms with Gasteiger partial charge in [-0.1, -0.05) is 44.5 Å². The van der Waals surface area contributed by atoms with Gasteiger partial charge in [0.05, 0.1) is 23.9 Å². The third-order valence-corrected chi connectivity index (χ3v) is 10.2. The molecule has 0 spiro atoms. The summed E-state index contributed by atoms with van der Waals surface area (Å²) in [6, 6.07) is 9.59. The van der Waals surface area contributed by atoms with Crippen molar-refractivity contribution in [3.8, 4) is 11.5 Å². The molecular formula is C38H51NO12. The topological polar surface area (TPSA) is 190 Å². The molecule has 5 N–H and O–H groups in total. The molecule has 2 heterocycles. The van der Waals surface area contributed by atoms with E-state index in [0.717, 1.165) is 6.07 Å². The zero-order chi connectivity index (χ0) is 37.8. The van der Waals surface area contributed by atoms with Gasteiger partial charge in [0.25, 0.3) is 5.91 Å². The highest BCUT2D eigenvalue weighted by Gasteiger charge is 2.51. The summed E-state index contributed by atoms with van der Waals surface area (Å²) in [7, 11) is 2.75. The molecule has 2 aliphatic heterocycles. The average molecular weight is 714 g/mol. The van der Waals surface area contributed by atoms with Crippen LogP contribution in [0.2, 0.25) is 0 Å². The number of benzene rings is 2. The number of aliphatic hydroxyl groups excluding tert-OH is 2. The molecule has 51 heavy (non-hydrogen) atoms. The fourth-order valence-electron chi connectivity index (χ4n) is 6.76. The highest BCUT2D eigenvalue weighted by Crippen LogP contribution is 2.43. The normalized spacial score (nSPS) is 24.2. The maximum absolute atomic E-state index is 13.3. The first kappa shape index (κ1) is 39.8. The Balaban J connectivity index is 1.58. The molecule has 1 saturated heterocycles. The number of aliphatic hydroxyl groups is 2. The zero-order valence-corrected chi connectivity index (χ0v) is 30.3. The van der Waals surface area contributed by atoms with Crippen molar-refractivity contribution in [2.45, 2.75) is 109 Å². The van der Waals surface area contributed by atoms with Gasteiger partial charge in [-0.3, -0.25) is 4.79 Å². The number of hydrogen-bond acceptors (Lipinski definition) is 12. The van der Waals surface area contributed by atoms with E-state index < -0.39 is 78.1 Å². The highest BCUT2D eigenvalue weighted by atomic mass is 16.6. The summed E-state index contributed by atoms with van der Waals surface area (Å²) in [6.45, 7) is 12.7. The van der Waals surface area contributed by atoms with E-state index in [2.05, 4.69) is 11.9 Å². The van der Waals surface area contributed by atoms with Crippen molar-refractivity contribution < 1.29 is 58.5 Å². The molecule has 1 fully saturated rings. The Morgan fingerprint density at radius 1 is 1.08 bits per heavy atom. The van der Waals surface area contributed by atoms with Gasteiger partial charge in [0.2, 0.25) is 0 Å². The van der Waals surface area contributed by atoms with E-state index in [1.165, 1.54) is 14.2 Å². The quantitative estimate of drug-likeness (QED) is 0.109. The second-order valence-corrected chi connectivity index (χ2v) is 14.2. The van der Waals surface area contributed by atoms with Crippen LogP contribution in [0.4, 0.5) is 0 Å². The zero-order valence-electron chi connectivity index (χ0n) is 30.3. The van der Waals surface area contributed by atoms with E-state index in [1.807, 2.05) is 13.8 Å². The largest absolute Gasteiger partial charge is 0.508 e. The number of methoxy groups -OCH3 is 2. The molecule has 280 valence electrons. The van der Waals surface area contributed by atoms with Gasteiger partial charge in [-0.15, -0.1) is 6.58 Å². The predicted octanol–water partition coefficient (Wildman–Crippen LogP) is 3.71. The van der Waals surface area contributed by atoms with Crippen molar-refractivity contribution in [3.63, 3.8) is 0 Å². The highest BCUT2D eigenvalue weighted by molar-refractivity contribution is 5.96. The summed E-state index contributed by atoms with van der Waals surface area (Å²) in [4.78, 5) is 39.5. The maximum Gasteiger partial charge on any atom is 0.342 e. The number of ether oxygens (including phenoxy) is 5. The lowest BCUT2D eigenvalue weighted by atomic mass is 9.72. The van der Waals surface area contributed by atoms with E-state index >= 15 is 0 Å².